The second-order valence-corrected chi connectivity index (χ2v) is 12.5. The average Bonchev–Trinajstić information content (AvgIpc) is 3.11. The number of aliphatic hydroxyl groups excluding tert-OH is 1. The van der Waals surface area contributed by atoms with Crippen molar-refractivity contribution < 1.29 is 24.2 Å². The van der Waals surface area contributed by atoms with Crippen molar-refractivity contribution in [2.24, 2.45) is 46.3 Å². The number of fused-ring (bicyclic) bond motifs is 5. The third-order valence-electron chi connectivity index (χ3n) is 11.0. The van der Waals surface area contributed by atoms with Crippen molar-refractivity contribution in [3.8, 4) is 0 Å². The van der Waals surface area contributed by atoms with Crippen LogP contribution in [0.4, 0.5) is 0 Å². The predicted octanol–water partition coefficient (Wildman–Crippen LogP) is 5.53. The van der Waals surface area contributed by atoms with E-state index in [1.54, 1.807) is 0 Å². The van der Waals surface area contributed by atoms with Gasteiger partial charge in [0.05, 0.1) is 13.2 Å². The number of hydrogen-bond acceptors (Lipinski definition) is 5. The summed E-state index contributed by atoms with van der Waals surface area (Å²) < 4.78 is 10.4. The van der Waals surface area contributed by atoms with Crippen LogP contribution in [-0.2, 0) is 19.1 Å². The van der Waals surface area contributed by atoms with E-state index < -0.39 is 0 Å². The summed E-state index contributed by atoms with van der Waals surface area (Å²) in [7, 11) is 1.47. The highest BCUT2D eigenvalue weighted by atomic mass is 16.5. The van der Waals surface area contributed by atoms with E-state index in [4.69, 9.17) is 9.47 Å². The third-order valence-corrected chi connectivity index (χ3v) is 11.0. The summed E-state index contributed by atoms with van der Waals surface area (Å²) in [4.78, 5) is 23.1. The Labute approximate surface area is 200 Å². The molecule has 0 amide bonds. The topological polar surface area (TPSA) is 72.8 Å². The predicted molar refractivity (Wildman–Crippen MR) is 127 cm³/mol. The lowest BCUT2D eigenvalue weighted by molar-refractivity contribution is -0.182. The molecule has 0 aliphatic heterocycles. The summed E-state index contributed by atoms with van der Waals surface area (Å²) in [6.45, 7) is 8.87. The number of rotatable bonds is 6. The Morgan fingerprint density at radius 2 is 1.70 bits per heavy atom. The molecule has 4 fully saturated rings. The van der Waals surface area contributed by atoms with Crippen LogP contribution in [-0.4, -0.2) is 36.4 Å². The average molecular weight is 463 g/mol. The zero-order chi connectivity index (χ0) is 24.0. The van der Waals surface area contributed by atoms with Crippen LogP contribution >= 0.6 is 0 Å². The fourth-order valence-electron chi connectivity index (χ4n) is 9.45. The fourth-order valence-corrected chi connectivity index (χ4v) is 9.45. The highest BCUT2D eigenvalue weighted by Crippen LogP contribution is 2.68. The van der Waals surface area contributed by atoms with Crippen molar-refractivity contribution in [2.45, 2.75) is 111 Å². The van der Waals surface area contributed by atoms with Gasteiger partial charge in [-0.3, -0.25) is 9.59 Å². The summed E-state index contributed by atoms with van der Waals surface area (Å²) in [5.74, 6) is 3.27. The molecule has 0 saturated heterocycles. The third kappa shape index (κ3) is 4.48. The monoisotopic (exact) mass is 462 g/mol. The van der Waals surface area contributed by atoms with Crippen LogP contribution in [0.3, 0.4) is 0 Å². The van der Waals surface area contributed by atoms with Crippen LogP contribution in [0.25, 0.3) is 0 Å². The molecule has 0 heterocycles. The lowest BCUT2D eigenvalue weighted by Gasteiger charge is -2.62. The molecule has 10 atom stereocenters. The van der Waals surface area contributed by atoms with Crippen LogP contribution in [0.2, 0.25) is 0 Å². The number of carbonyl (C=O) groups is 2. The smallest absolute Gasteiger partial charge is 0.305 e. The van der Waals surface area contributed by atoms with E-state index >= 15 is 0 Å². The van der Waals surface area contributed by atoms with Crippen molar-refractivity contribution in [3.05, 3.63) is 0 Å². The first kappa shape index (κ1) is 25.0. The van der Waals surface area contributed by atoms with E-state index in [0.717, 1.165) is 38.5 Å². The molecule has 33 heavy (non-hydrogen) atoms. The van der Waals surface area contributed by atoms with Gasteiger partial charge in [0.1, 0.15) is 6.10 Å². The Bertz CT molecular complexity index is 736. The van der Waals surface area contributed by atoms with Crippen LogP contribution in [0, 0.1) is 46.3 Å². The SMILES string of the molecule is COC(=O)CCC[C@@H](C)[C@H]1CC[C@H]2[C@@H]3CC(O)C4C[C@@H](OC(C)=O)CC[C@]4(C)[C@H]3CC[C@]12C. The Balaban J connectivity index is 1.45. The molecular formula is C28H46O5. The summed E-state index contributed by atoms with van der Waals surface area (Å²) in [5, 5.41) is 11.3. The van der Waals surface area contributed by atoms with E-state index in [0.29, 0.717) is 41.4 Å². The van der Waals surface area contributed by atoms with Gasteiger partial charge in [-0.2, -0.15) is 0 Å². The maximum atomic E-state index is 11.5. The Morgan fingerprint density at radius 3 is 2.39 bits per heavy atom. The van der Waals surface area contributed by atoms with Gasteiger partial charge in [-0.05, 0) is 111 Å². The van der Waals surface area contributed by atoms with E-state index in [1.807, 2.05) is 0 Å². The molecule has 0 aromatic carbocycles. The van der Waals surface area contributed by atoms with E-state index in [2.05, 4.69) is 20.8 Å². The summed E-state index contributed by atoms with van der Waals surface area (Å²) in [6.07, 6.45) is 11.1. The second-order valence-electron chi connectivity index (χ2n) is 12.5. The van der Waals surface area contributed by atoms with Gasteiger partial charge in [-0.15, -0.1) is 0 Å². The van der Waals surface area contributed by atoms with Crippen molar-refractivity contribution in [1.29, 1.82) is 0 Å². The standard InChI is InChI=1S/C28H46O5/c1-17(7-6-8-26(31)32-5)21-9-10-22-20-16-25(30)24-15-19(33-18(2)29)11-13-28(24,4)23(20)12-14-27(21,22)3/h17,19-25,30H,6-16H2,1-5H3/t17-,19+,20+,21-,22+,23+,24?,25?,27-,28-/m1/s1. The molecule has 0 bridgehead atoms. The molecule has 5 heteroatoms. The molecule has 0 aromatic heterocycles. The molecule has 188 valence electrons. The number of esters is 2. The molecule has 4 rings (SSSR count). The van der Waals surface area contributed by atoms with Gasteiger partial charge in [0.2, 0.25) is 0 Å². The van der Waals surface area contributed by atoms with Gasteiger partial charge in [-0.1, -0.05) is 20.8 Å². The molecular weight excluding hydrogens is 416 g/mol. The normalized spacial score (nSPS) is 45.3. The first-order valence-electron chi connectivity index (χ1n) is 13.5. The van der Waals surface area contributed by atoms with Gasteiger partial charge < -0.3 is 14.6 Å². The zero-order valence-corrected chi connectivity index (χ0v) is 21.5. The van der Waals surface area contributed by atoms with Gasteiger partial charge in [0, 0.05) is 13.3 Å². The van der Waals surface area contributed by atoms with Gasteiger partial charge in [0.25, 0.3) is 0 Å². The van der Waals surface area contributed by atoms with Crippen LogP contribution < -0.4 is 0 Å². The van der Waals surface area contributed by atoms with Crippen molar-refractivity contribution >= 4 is 11.9 Å². The first-order chi connectivity index (χ1) is 15.6. The molecule has 2 unspecified atom stereocenters. The quantitative estimate of drug-likeness (QED) is 0.526. The minimum absolute atomic E-state index is 0.0256. The highest BCUT2D eigenvalue weighted by molar-refractivity contribution is 5.69. The lowest BCUT2D eigenvalue weighted by atomic mass is 9.43. The fraction of sp³-hybridized carbons (Fsp3) is 0.929. The van der Waals surface area contributed by atoms with Crippen molar-refractivity contribution in [2.75, 3.05) is 7.11 Å². The van der Waals surface area contributed by atoms with Crippen molar-refractivity contribution in [1.82, 2.24) is 0 Å². The Morgan fingerprint density at radius 1 is 1.00 bits per heavy atom. The van der Waals surface area contributed by atoms with E-state index in [-0.39, 0.29) is 35.5 Å². The summed E-state index contributed by atoms with van der Waals surface area (Å²) in [5.41, 5.74) is 0.508. The molecule has 4 aliphatic carbocycles. The molecule has 4 aliphatic rings. The Hall–Kier alpha value is -1.10. The van der Waals surface area contributed by atoms with E-state index in [9.17, 15) is 14.7 Å². The Kier molecular flexibility index (Phi) is 7.21. The highest BCUT2D eigenvalue weighted by Gasteiger charge is 2.62. The van der Waals surface area contributed by atoms with Crippen LogP contribution in [0.15, 0.2) is 0 Å². The van der Waals surface area contributed by atoms with E-state index in [1.165, 1.54) is 39.7 Å². The lowest BCUT2D eigenvalue weighted by Crippen LogP contribution is -2.58. The number of aliphatic hydroxyl groups is 1. The van der Waals surface area contributed by atoms with Crippen LogP contribution in [0.1, 0.15) is 98.3 Å². The van der Waals surface area contributed by atoms with Gasteiger partial charge in [-0.25, -0.2) is 0 Å². The maximum absolute atomic E-state index is 11.5. The summed E-state index contributed by atoms with van der Waals surface area (Å²) in [6, 6.07) is 0. The van der Waals surface area contributed by atoms with Gasteiger partial charge >= 0.3 is 11.9 Å². The minimum Gasteiger partial charge on any atom is -0.469 e. The first-order valence-corrected chi connectivity index (χ1v) is 13.5. The van der Waals surface area contributed by atoms with Gasteiger partial charge in [0.15, 0.2) is 0 Å². The summed E-state index contributed by atoms with van der Waals surface area (Å²) >= 11 is 0. The molecule has 0 radical (unpaired) electrons. The number of methoxy groups -OCH3 is 1. The molecule has 4 saturated carbocycles. The number of hydrogen-bond donors (Lipinski definition) is 1. The minimum atomic E-state index is -0.284. The van der Waals surface area contributed by atoms with Crippen LogP contribution in [0.5, 0.6) is 0 Å². The number of ether oxygens (including phenoxy) is 2. The molecule has 0 spiro atoms. The molecule has 5 nitrogen and oxygen atoms in total. The second kappa shape index (κ2) is 9.51. The zero-order valence-electron chi connectivity index (χ0n) is 21.5. The molecule has 1 N–H and O–H groups in total. The largest absolute Gasteiger partial charge is 0.469 e. The number of carbonyl (C=O) groups excluding carboxylic acids is 2. The molecule has 0 aromatic rings. The van der Waals surface area contributed by atoms with Crippen molar-refractivity contribution in [3.63, 3.8) is 0 Å². The maximum Gasteiger partial charge on any atom is 0.305 e.